The largest absolute Gasteiger partial charge is 0.478 e. The number of thiazole rings is 1. The van der Waals surface area contributed by atoms with Crippen LogP contribution >= 0.6 is 11.3 Å². The van der Waals surface area contributed by atoms with Gasteiger partial charge in [0.2, 0.25) is 0 Å². The smallest absolute Gasteiger partial charge is 0.332 e. The third-order valence-electron chi connectivity index (χ3n) is 4.44. The van der Waals surface area contributed by atoms with Crippen molar-refractivity contribution in [2.24, 2.45) is 5.92 Å². The molecule has 1 aliphatic rings. The van der Waals surface area contributed by atoms with Gasteiger partial charge in [-0.15, -0.1) is 0 Å². The standard InChI is InChI=1S/C22H21FN2O2S/c1-13(16-7-5-14(2)18(10-8-16)21(26)27)4-6-15(3)24-22-25-19-11-9-17(23)12-20(19)28-22/h4-12,14H,1-3H3,(H,24,25)(H,26,27)/b13-4+,15-6+. The van der Waals surface area contributed by atoms with E-state index in [1.165, 1.54) is 23.5 Å². The number of rotatable bonds is 5. The Labute approximate surface area is 167 Å². The summed E-state index contributed by atoms with van der Waals surface area (Å²) in [6.45, 7) is 5.77. The SMILES string of the molecule is C/C(=C\C=C(/C)C1=CC=C(C(=O)O)C(C)C=C1)Nc1nc2ccc(F)cc2s1. The minimum absolute atomic E-state index is 0.137. The number of hydrogen-bond acceptors (Lipinski definition) is 4. The van der Waals surface area contributed by atoms with Gasteiger partial charge in [0.1, 0.15) is 5.82 Å². The Hall–Kier alpha value is -2.99. The van der Waals surface area contributed by atoms with Crippen LogP contribution in [-0.4, -0.2) is 16.1 Å². The minimum Gasteiger partial charge on any atom is -0.478 e. The lowest BCUT2D eigenvalue weighted by Crippen LogP contribution is -2.06. The summed E-state index contributed by atoms with van der Waals surface area (Å²) in [6.07, 6.45) is 11.2. The topological polar surface area (TPSA) is 62.2 Å². The first-order valence-corrected chi connectivity index (χ1v) is 9.67. The molecule has 1 unspecified atom stereocenters. The fourth-order valence-corrected chi connectivity index (χ4v) is 3.73. The van der Waals surface area contributed by atoms with Crippen molar-refractivity contribution in [1.29, 1.82) is 0 Å². The maximum atomic E-state index is 13.3. The molecule has 1 aliphatic carbocycles. The number of carboxylic acid groups (broad SMARTS) is 1. The van der Waals surface area contributed by atoms with Crippen molar-refractivity contribution < 1.29 is 14.3 Å². The minimum atomic E-state index is -0.896. The fraction of sp³-hybridized carbons (Fsp3) is 0.182. The van der Waals surface area contributed by atoms with E-state index in [0.29, 0.717) is 10.7 Å². The summed E-state index contributed by atoms with van der Waals surface area (Å²) >= 11 is 1.40. The van der Waals surface area contributed by atoms with Gasteiger partial charge in [-0.1, -0.05) is 48.6 Å². The molecule has 1 heterocycles. The fourth-order valence-electron chi connectivity index (χ4n) is 2.78. The van der Waals surface area contributed by atoms with E-state index in [-0.39, 0.29) is 11.7 Å². The van der Waals surface area contributed by atoms with E-state index < -0.39 is 5.97 Å². The number of allylic oxidation sites excluding steroid dienone is 9. The number of carboxylic acids is 1. The van der Waals surface area contributed by atoms with Crippen LogP contribution in [0.25, 0.3) is 10.2 Å². The second-order valence-electron chi connectivity index (χ2n) is 6.65. The molecule has 6 heteroatoms. The van der Waals surface area contributed by atoms with Crippen molar-refractivity contribution in [3.8, 4) is 0 Å². The number of nitrogens with zero attached hydrogens (tertiary/aromatic N) is 1. The normalized spacial score (nSPS) is 17.9. The van der Waals surface area contributed by atoms with Gasteiger partial charge >= 0.3 is 5.97 Å². The van der Waals surface area contributed by atoms with Crippen LogP contribution in [0.1, 0.15) is 20.8 Å². The van der Waals surface area contributed by atoms with E-state index in [0.717, 1.165) is 27.1 Å². The number of carbonyl (C=O) groups is 1. The van der Waals surface area contributed by atoms with Crippen molar-refractivity contribution >= 4 is 32.7 Å². The molecule has 0 amide bonds. The predicted octanol–water partition coefficient (Wildman–Crippen LogP) is 5.84. The molecule has 2 aromatic rings. The van der Waals surface area contributed by atoms with Crippen molar-refractivity contribution in [3.05, 3.63) is 82.9 Å². The third-order valence-corrected chi connectivity index (χ3v) is 5.37. The first-order chi connectivity index (χ1) is 13.3. The van der Waals surface area contributed by atoms with E-state index in [9.17, 15) is 14.3 Å². The van der Waals surface area contributed by atoms with Crippen molar-refractivity contribution in [2.75, 3.05) is 5.32 Å². The quantitative estimate of drug-likeness (QED) is 0.623. The van der Waals surface area contributed by atoms with Crippen LogP contribution < -0.4 is 5.32 Å². The lowest BCUT2D eigenvalue weighted by Gasteiger charge is -2.04. The monoisotopic (exact) mass is 396 g/mol. The zero-order chi connectivity index (χ0) is 20.3. The molecule has 0 bridgehead atoms. The number of nitrogens with one attached hydrogen (secondary N) is 1. The molecule has 0 radical (unpaired) electrons. The molecular weight excluding hydrogens is 375 g/mol. The van der Waals surface area contributed by atoms with Gasteiger partial charge in [-0.05, 0) is 49.3 Å². The molecule has 1 atom stereocenters. The molecule has 1 aromatic carbocycles. The third kappa shape index (κ3) is 4.64. The first-order valence-electron chi connectivity index (χ1n) is 8.85. The highest BCUT2D eigenvalue weighted by atomic mass is 32.1. The van der Waals surface area contributed by atoms with Crippen LogP contribution in [-0.2, 0) is 4.79 Å². The van der Waals surface area contributed by atoms with Crippen LogP contribution in [0.15, 0.2) is 77.1 Å². The van der Waals surface area contributed by atoms with E-state index in [2.05, 4.69) is 10.3 Å². The number of aromatic nitrogens is 1. The molecule has 28 heavy (non-hydrogen) atoms. The number of anilines is 1. The van der Waals surface area contributed by atoms with E-state index >= 15 is 0 Å². The van der Waals surface area contributed by atoms with Crippen molar-refractivity contribution in [2.45, 2.75) is 20.8 Å². The predicted molar refractivity (Wildman–Crippen MR) is 113 cm³/mol. The van der Waals surface area contributed by atoms with Gasteiger partial charge in [0.05, 0.1) is 10.2 Å². The number of benzene rings is 1. The molecule has 0 saturated heterocycles. The summed E-state index contributed by atoms with van der Waals surface area (Å²) < 4.78 is 14.1. The average molecular weight is 396 g/mol. The van der Waals surface area contributed by atoms with Gasteiger partial charge in [0.25, 0.3) is 0 Å². The van der Waals surface area contributed by atoms with Crippen LogP contribution in [0, 0.1) is 11.7 Å². The van der Waals surface area contributed by atoms with Crippen LogP contribution in [0.5, 0.6) is 0 Å². The van der Waals surface area contributed by atoms with E-state index in [1.54, 1.807) is 12.1 Å². The van der Waals surface area contributed by atoms with E-state index in [4.69, 9.17) is 0 Å². The number of hydrogen-bond donors (Lipinski definition) is 2. The van der Waals surface area contributed by atoms with Crippen molar-refractivity contribution in [3.63, 3.8) is 0 Å². The van der Waals surface area contributed by atoms with E-state index in [1.807, 2.05) is 51.2 Å². The zero-order valence-electron chi connectivity index (χ0n) is 15.9. The molecule has 2 N–H and O–H groups in total. The maximum Gasteiger partial charge on any atom is 0.332 e. The summed E-state index contributed by atoms with van der Waals surface area (Å²) in [5.74, 6) is -1.30. The Morgan fingerprint density at radius 2 is 2.07 bits per heavy atom. The Kier molecular flexibility index (Phi) is 5.90. The molecule has 0 spiro atoms. The number of aliphatic carboxylic acids is 1. The summed E-state index contributed by atoms with van der Waals surface area (Å²) in [5, 5.41) is 13.2. The van der Waals surface area contributed by atoms with Gasteiger partial charge < -0.3 is 10.4 Å². The molecule has 144 valence electrons. The lowest BCUT2D eigenvalue weighted by molar-refractivity contribution is -0.133. The van der Waals surface area contributed by atoms with Crippen molar-refractivity contribution in [1.82, 2.24) is 4.98 Å². The summed E-state index contributed by atoms with van der Waals surface area (Å²) in [5.41, 5.74) is 4.01. The molecule has 1 aromatic heterocycles. The molecule has 0 saturated carbocycles. The summed E-state index contributed by atoms with van der Waals surface area (Å²) in [6, 6.07) is 4.55. The first kappa shape index (κ1) is 19.8. The van der Waals surface area contributed by atoms with Crippen LogP contribution in [0.3, 0.4) is 0 Å². The highest BCUT2D eigenvalue weighted by Crippen LogP contribution is 2.27. The summed E-state index contributed by atoms with van der Waals surface area (Å²) in [4.78, 5) is 15.7. The van der Waals surface area contributed by atoms with Crippen LogP contribution in [0.4, 0.5) is 9.52 Å². The van der Waals surface area contributed by atoms with Gasteiger partial charge in [-0.3, -0.25) is 0 Å². The summed E-state index contributed by atoms with van der Waals surface area (Å²) in [7, 11) is 0. The maximum absolute atomic E-state index is 13.3. The Bertz CT molecular complexity index is 1070. The number of halogens is 1. The highest BCUT2D eigenvalue weighted by Gasteiger charge is 2.14. The van der Waals surface area contributed by atoms with Gasteiger partial charge in [-0.2, -0.15) is 0 Å². The molecule has 0 aliphatic heterocycles. The lowest BCUT2D eigenvalue weighted by atomic mass is 10.0. The molecule has 3 rings (SSSR count). The molecule has 0 fully saturated rings. The Balaban J connectivity index is 1.75. The second kappa shape index (κ2) is 8.35. The molecule has 4 nitrogen and oxygen atoms in total. The molecular formula is C22H21FN2O2S. The zero-order valence-corrected chi connectivity index (χ0v) is 16.7. The Morgan fingerprint density at radius 1 is 1.29 bits per heavy atom. The number of fused-ring (bicyclic) bond motifs is 1. The Morgan fingerprint density at radius 3 is 2.82 bits per heavy atom. The highest BCUT2D eigenvalue weighted by molar-refractivity contribution is 7.22. The van der Waals surface area contributed by atoms with Crippen LogP contribution in [0.2, 0.25) is 0 Å². The average Bonchev–Trinajstić information content (AvgIpc) is 2.91. The van der Waals surface area contributed by atoms with Gasteiger partial charge in [-0.25, -0.2) is 14.2 Å². The second-order valence-corrected chi connectivity index (χ2v) is 7.68. The van der Waals surface area contributed by atoms with Gasteiger partial charge in [0, 0.05) is 17.2 Å². The van der Waals surface area contributed by atoms with Gasteiger partial charge in [0.15, 0.2) is 5.13 Å².